The summed E-state index contributed by atoms with van der Waals surface area (Å²) in [5.41, 5.74) is 1.84. The lowest BCUT2D eigenvalue weighted by Gasteiger charge is -2.11. The summed E-state index contributed by atoms with van der Waals surface area (Å²) in [6, 6.07) is 11.8. The monoisotopic (exact) mass is 398 g/mol. The van der Waals surface area contributed by atoms with Crippen molar-refractivity contribution in [3.63, 3.8) is 0 Å². The Hall–Kier alpha value is -2.67. The van der Waals surface area contributed by atoms with Crippen LogP contribution < -0.4 is 10.6 Å². The van der Waals surface area contributed by atoms with Gasteiger partial charge in [-0.25, -0.2) is 4.98 Å². The van der Waals surface area contributed by atoms with Crippen LogP contribution in [0, 0.1) is 5.92 Å². The van der Waals surface area contributed by atoms with E-state index >= 15 is 0 Å². The predicted molar refractivity (Wildman–Crippen MR) is 112 cm³/mol. The summed E-state index contributed by atoms with van der Waals surface area (Å²) in [6.07, 6.45) is 1.48. The van der Waals surface area contributed by atoms with Gasteiger partial charge in [0, 0.05) is 23.8 Å². The number of hydrogen-bond acceptors (Lipinski definition) is 4. The maximum absolute atomic E-state index is 12.5. The summed E-state index contributed by atoms with van der Waals surface area (Å²) >= 11 is 1.63. The van der Waals surface area contributed by atoms with Crippen LogP contribution in [0.1, 0.15) is 31.0 Å². The molecule has 3 aromatic rings. The average molecular weight is 399 g/mol. The minimum Gasteiger partial charge on any atom is -0.356 e. The molecule has 1 aromatic carbocycles. The molecule has 0 aliphatic heterocycles. The third-order valence-corrected chi connectivity index (χ3v) is 5.35. The Labute approximate surface area is 169 Å². The molecule has 28 heavy (non-hydrogen) atoms. The molecule has 0 radical (unpaired) electrons. The molecule has 6 nitrogen and oxygen atoms in total. The third-order valence-electron chi connectivity index (χ3n) is 4.48. The number of nitrogens with zero attached hydrogens (tertiary/aromatic N) is 2. The van der Waals surface area contributed by atoms with Gasteiger partial charge in [-0.05, 0) is 30.0 Å². The maximum atomic E-state index is 12.5. The van der Waals surface area contributed by atoms with Crippen LogP contribution in [0.3, 0.4) is 0 Å². The summed E-state index contributed by atoms with van der Waals surface area (Å²) in [4.78, 5) is 30.0. The molecule has 148 valence electrons. The molecule has 2 heterocycles. The summed E-state index contributed by atoms with van der Waals surface area (Å²) in [7, 11) is 0. The van der Waals surface area contributed by atoms with Crippen LogP contribution in [0.15, 0.2) is 41.8 Å². The molecule has 2 aromatic heterocycles. The van der Waals surface area contributed by atoms with Crippen LogP contribution in [-0.4, -0.2) is 27.9 Å². The molecule has 0 spiro atoms. The topological polar surface area (TPSA) is 76.0 Å². The average Bonchev–Trinajstić information content (AvgIpc) is 3.32. The lowest BCUT2D eigenvalue weighted by molar-refractivity contribution is -0.124. The second-order valence-electron chi connectivity index (χ2n) is 7.01. The highest BCUT2D eigenvalue weighted by atomic mass is 32.1. The lowest BCUT2D eigenvalue weighted by atomic mass is 10.2. The largest absolute Gasteiger partial charge is 0.356 e. The zero-order valence-electron chi connectivity index (χ0n) is 16.3. The number of aryl methyl sites for hydroxylation is 1. The Balaban J connectivity index is 1.64. The van der Waals surface area contributed by atoms with E-state index in [4.69, 9.17) is 4.98 Å². The van der Waals surface area contributed by atoms with E-state index in [1.165, 1.54) is 0 Å². The van der Waals surface area contributed by atoms with Crippen molar-refractivity contribution in [2.45, 2.75) is 39.8 Å². The van der Waals surface area contributed by atoms with Gasteiger partial charge in [-0.1, -0.05) is 32.0 Å². The zero-order chi connectivity index (χ0) is 19.9. The van der Waals surface area contributed by atoms with Gasteiger partial charge in [-0.15, -0.1) is 11.3 Å². The number of aromatic nitrogens is 2. The Morgan fingerprint density at radius 3 is 2.71 bits per heavy atom. The van der Waals surface area contributed by atoms with E-state index in [0.717, 1.165) is 28.2 Å². The fraction of sp³-hybridized carbons (Fsp3) is 0.381. The molecular weight excluding hydrogens is 372 g/mol. The van der Waals surface area contributed by atoms with Gasteiger partial charge in [0.1, 0.15) is 12.4 Å². The van der Waals surface area contributed by atoms with E-state index in [-0.39, 0.29) is 24.3 Å². The molecule has 0 atom stereocenters. The van der Waals surface area contributed by atoms with Crippen molar-refractivity contribution in [3.8, 4) is 0 Å². The molecular formula is C21H26N4O2S. The predicted octanol–water partition coefficient (Wildman–Crippen LogP) is 3.12. The summed E-state index contributed by atoms with van der Waals surface area (Å²) in [5.74, 6) is 0.871. The number of carbonyl (C=O) groups excluding carboxylic acids is 2. The van der Waals surface area contributed by atoms with Crippen molar-refractivity contribution in [2.24, 2.45) is 5.92 Å². The van der Waals surface area contributed by atoms with E-state index < -0.39 is 0 Å². The minimum atomic E-state index is -0.0362. The fourth-order valence-corrected chi connectivity index (χ4v) is 3.60. The standard InChI is InChI=1S/C21H26N4O2S/c1-15(2)21(27)22-11-5-10-19-24-17-8-3-4-9-18(17)25(19)14-20(26)23-13-16-7-6-12-28-16/h3-4,6-9,12,15H,5,10-11,13-14H2,1-2H3,(H,22,27)(H,23,26). The van der Waals surface area contributed by atoms with Gasteiger partial charge in [0.15, 0.2) is 0 Å². The van der Waals surface area contributed by atoms with Crippen molar-refractivity contribution >= 4 is 34.2 Å². The van der Waals surface area contributed by atoms with E-state index in [2.05, 4.69) is 10.6 Å². The molecule has 7 heteroatoms. The third kappa shape index (κ3) is 5.19. The number of nitrogens with one attached hydrogen (secondary N) is 2. The molecule has 2 N–H and O–H groups in total. The quantitative estimate of drug-likeness (QED) is 0.544. The van der Waals surface area contributed by atoms with Gasteiger partial charge >= 0.3 is 0 Å². The number of para-hydroxylation sites is 2. The van der Waals surface area contributed by atoms with Crippen molar-refractivity contribution in [3.05, 3.63) is 52.5 Å². The first-order valence-electron chi connectivity index (χ1n) is 9.55. The Morgan fingerprint density at radius 1 is 1.14 bits per heavy atom. The van der Waals surface area contributed by atoms with Crippen molar-refractivity contribution in [2.75, 3.05) is 6.54 Å². The van der Waals surface area contributed by atoms with Gasteiger partial charge in [0.25, 0.3) is 0 Å². The van der Waals surface area contributed by atoms with Gasteiger partial charge < -0.3 is 15.2 Å². The van der Waals surface area contributed by atoms with Crippen LogP contribution in [0.2, 0.25) is 0 Å². The normalized spacial score (nSPS) is 11.1. The highest BCUT2D eigenvalue weighted by molar-refractivity contribution is 7.09. The number of rotatable bonds is 9. The van der Waals surface area contributed by atoms with Crippen molar-refractivity contribution < 1.29 is 9.59 Å². The van der Waals surface area contributed by atoms with Crippen LogP contribution >= 0.6 is 11.3 Å². The molecule has 3 rings (SSSR count). The summed E-state index contributed by atoms with van der Waals surface area (Å²) in [5, 5.41) is 7.90. The van der Waals surface area contributed by atoms with Gasteiger partial charge in [-0.2, -0.15) is 0 Å². The van der Waals surface area contributed by atoms with E-state index in [1.54, 1.807) is 11.3 Å². The fourth-order valence-electron chi connectivity index (χ4n) is 2.95. The van der Waals surface area contributed by atoms with E-state index in [1.807, 2.05) is 60.2 Å². The minimum absolute atomic E-state index is 0.0170. The van der Waals surface area contributed by atoms with E-state index in [9.17, 15) is 9.59 Å². The highest BCUT2D eigenvalue weighted by Crippen LogP contribution is 2.17. The van der Waals surface area contributed by atoms with Gasteiger partial charge in [-0.3, -0.25) is 9.59 Å². The molecule has 0 saturated heterocycles. The summed E-state index contributed by atoms with van der Waals surface area (Å²) < 4.78 is 1.98. The van der Waals surface area contributed by atoms with E-state index in [0.29, 0.717) is 19.5 Å². The highest BCUT2D eigenvalue weighted by Gasteiger charge is 2.14. The molecule has 2 amide bonds. The number of hydrogen-bond donors (Lipinski definition) is 2. The van der Waals surface area contributed by atoms with Crippen molar-refractivity contribution in [1.82, 2.24) is 20.2 Å². The maximum Gasteiger partial charge on any atom is 0.240 e. The first-order chi connectivity index (χ1) is 13.5. The SMILES string of the molecule is CC(C)C(=O)NCCCc1nc2ccccc2n1CC(=O)NCc1cccs1. The Bertz CT molecular complexity index is 931. The molecule has 0 fully saturated rings. The number of carbonyl (C=O) groups is 2. The van der Waals surface area contributed by atoms with Crippen LogP contribution in [0.25, 0.3) is 11.0 Å². The Kier molecular flexibility index (Phi) is 6.81. The first-order valence-corrected chi connectivity index (χ1v) is 10.4. The van der Waals surface area contributed by atoms with Crippen LogP contribution in [-0.2, 0) is 29.1 Å². The number of thiophene rings is 1. The van der Waals surface area contributed by atoms with Gasteiger partial charge in [0.2, 0.25) is 11.8 Å². The zero-order valence-corrected chi connectivity index (χ0v) is 17.1. The number of fused-ring (bicyclic) bond motifs is 1. The number of amides is 2. The number of imidazole rings is 1. The summed E-state index contributed by atoms with van der Waals surface area (Å²) in [6.45, 7) is 5.14. The molecule has 0 aliphatic rings. The lowest BCUT2D eigenvalue weighted by Crippen LogP contribution is -2.29. The second kappa shape index (κ2) is 9.50. The van der Waals surface area contributed by atoms with Crippen LogP contribution in [0.4, 0.5) is 0 Å². The Morgan fingerprint density at radius 2 is 1.96 bits per heavy atom. The molecule has 0 saturated carbocycles. The smallest absolute Gasteiger partial charge is 0.240 e. The molecule has 0 unspecified atom stereocenters. The number of benzene rings is 1. The molecule has 0 bridgehead atoms. The first kappa shape index (κ1) is 20.1. The second-order valence-corrected chi connectivity index (χ2v) is 8.04. The van der Waals surface area contributed by atoms with Crippen molar-refractivity contribution in [1.29, 1.82) is 0 Å². The van der Waals surface area contributed by atoms with Gasteiger partial charge in [0.05, 0.1) is 17.6 Å². The van der Waals surface area contributed by atoms with Crippen LogP contribution in [0.5, 0.6) is 0 Å². The molecule has 0 aliphatic carbocycles.